The molecule has 0 saturated carbocycles. The maximum Gasteiger partial charge on any atom is 0.339 e. The molecule has 0 fully saturated rings. The monoisotopic (exact) mass is 265 g/mol. The molecule has 0 saturated heterocycles. The molecule has 0 aromatic carbocycles. The van der Waals surface area contributed by atoms with Gasteiger partial charge in [0.2, 0.25) is 0 Å². The van der Waals surface area contributed by atoms with E-state index in [1.54, 1.807) is 0 Å². The van der Waals surface area contributed by atoms with Gasteiger partial charge in [0.05, 0.1) is 5.69 Å². The zero-order valence-corrected chi connectivity index (χ0v) is 11.7. The third kappa shape index (κ3) is 5.79. The van der Waals surface area contributed by atoms with Crippen molar-refractivity contribution in [2.75, 3.05) is 0 Å². The minimum absolute atomic E-state index is 0.174. The van der Waals surface area contributed by atoms with Crippen LogP contribution in [0.3, 0.4) is 0 Å². The van der Waals surface area contributed by atoms with Gasteiger partial charge in [0.1, 0.15) is 11.9 Å². The summed E-state index contributed by atoms with van der Waals surface area (Å²) in [6, 6.07) is 0.369. The zero-order chi connectivity index (χ0) is 14.1. The van der Waals surface area contributed by atoms with Crippen molar-refractivity contribution in [2.24, 2.45) is 0 Å². The van der Waals surface area contributed by atoms with Crippen LogP contribution in [0, 0.1) is 0 Å². The molecule has 1 atom stereocenters. The average molecular weight is 265 g/mol. The highest BCUT2D eigenvalue weighted by atomic mass is 16.4. The number of nitrogens with one attached hydrogen (secondary N) is 1. The summed E-state index contributed by atoms with van der Waals surface area (Å²) < 4.78 is 0. The summed E-state index contributed by atoms with van der Waals surface area (Å²) in [5.41, 5.74) is 0.719. The van der Waals surface area contributed by atoms with E-state index in [0.29, 0.717) is 18.3 Å². The van der Waals surface area contributed by atoms with Crippen LogP contribution in [0.1, 0.15) is 62.0 Å². The van der Waals surface area contributed by atoms with Crippen LogP contribution in [0.2, 0.25) is 0 Å². The topological polar surface area (TPSA) is 75.1 Å². The summed E-state index contributed by atoms with van der Waals surface area (Å²) in [4.78, 5) is 18.8. The second-order valence-corrected chi connectivity index (χ2v) is 4.82. The first-order chi connectivity index (χ1) is 9.15. The summed E-state index contributed by atoms with van der Waals surface area (Å²) in [6.45, 7) is 4.79. The molecule has 1 rings (SSSR count). The SMILES string of the molecule is CCCCCCC(C)NCc1ncncc1C(=O)O. The fourth-order valence-corrected chi connectivity index (χ4v) is 1.92. The number of carbonyl (C=O) groups is 1. The van der Waals surface area contributed by atoms with Crippen LogP contribution in [0.5, 0.6) is 0 Å². The van der Waals surface area contributed by atoms with E-state index >= 15 is 0 Å². The molecule has 0 bridgehead atoms. The first-order valence-corrected chi connectivity index (χ1v) is 6.90. The lowest BCUT2D eigenvalue weighted by molar-refractivity contribution is 0.0694. The molecule has 0 aliphatic rings. The van der Waals surface area contributed by atoms with Gasteiger partial charge < -0.3 is 10.4 Å². The van der Waals surface area contributed by atoms with Gasteiger partial charge in [0.15, 0.2) is 0 Å². The summed E-state index contributed by atoms with van der Waals surface area (Å²) in [7, 11) is 0. The van der Waals surface area contributed by atoms with Crippen molar-refractivity contribution in [1.29, 1.82) is 0 Å². The lowest BCUT2D eigenvalue weighted by Gasteiger charge is -2.14. The first kappa shape index (κ1) is 15.6. The van der Waals surface area contributed by atoms with Crippen LogP contribution < -0.4 is 5.32 Å². The van der Waals surface area contributed by atoms with E-state index in [-0.39, 0.29) is 5.56 Å². The Morgan fingerprint density at radius 1 is 1.42 bits per heavy atom. The number of aromatic nitrogens is 2. The Hall–Kier alpha value is -1.49. The standard InChI is InChI=1S/C14H23N3O2/c1-3-4-5-6-7-11(2)16-9-13-12(14(18)19)8-15-10-17-13/h8,10-11,16H,3-7,9H2,1-2H3,(H,18,19). The van der Waals surface area contributed by atoms with E-state index in [0.717, 1.165) is 6.42 Å². The number of rotatable bonds is 9. The van der Waals surface area contributed by atoms with Gasteiger partial charge in [-0.05, 0) is 13.3 Å². The molecular formula is C14H23N3O2. The van der Waals surface area contributed by atoms with Crippen molar-refractivity contribution in [3.63, 3.8) is 0 Å². The second-order valence-electron chi connectivity index (χ2n) is 4.82. The number of aromatic carboxylic acids is 1. The number of nitrogens with zero attached hydrogens (tertiary/aromatic N) is 2. The lowest BCUT2D eigenvalue weighted by atomic mass is 10.1. The predicted octanol–water partition coefficient (Wildman–Crippen LogP) is 2.62. The van der Waals surface area contributed by atoms with Gasteiger partial charge in [0.25, 0.3) is 0 Å². The van der Waals surface area contributed by atoms with E-state index in [2.05, 4.69) is 29.1 Å². The van der Waals surface area contributed by atoms with Crippen molar-refractivity contribution in [1.82, 2.24) is 15.3 Å². The highest BCUT2D eigenvalue weighted by Gasteiger charge is 2.11. The maximum absolute atomic E-state index is 11.0. The molecule has 1 aromatic heterocycles. The van der Waals surface area contributed by atoms with E-state index in [9.17, 15) is 4.79 Å². The number of carboxylic acids is 1. The van der Waals surface area contributed by atoms with Gasteiger partial charge in [-0.1, -0.05) is 32.6 Å². The predicted molar refractivity (Wildman–Crippen MR) is 74.1 cm³/mol. The van der Waals surface area contributed by atoms with E-state index in [1.165, 1.54) is 38.2 Å². The Bertz CT molecular complexity index is 396. The lowest BCUT2D eigenvalue weighted by Crippen LogP contribution is -2.27. The molecule has 106 valence electrons. The molecule has 0 radical (unpaired) electrons. The fourth-order valence-electron chi connectivity index (χ4n) is 1.92. The Kier molecular flexibility index (Phi) is 7.03. The van der Waals surface area contributed by atoms with E-state index < -0.39 is 5.97 Å². The average Bonchev–Trinajstić information content (AvgIpc) is 2.41. The third-order valence-electron chi connectivity index (χ3n) is 3.13. The number of hydrogen-bond donors (Lipinski definition) is 2. The molecule has 5 nitrogen and oxygen atoms in total. The van der Waals surface area contributed by atoms with Crippen LogP contribution in [0.25, 0.3) is 0 Å². The molecule has 19 heavy (non-hydrogen) atoms. The smallest absolute Gasteiger partial charge is 0.339 e. The zero-order valence-electron chi connectivity index (χ0n) is 11.7. The quantitative estimate of drug-likeness (QED) is 0.671. The molecule has 0 aliphatic carbocycles. The molecule has 1 aromatic rings. The Morgan fingerprint density at radius 3 is 2.89 bits per heavy atom. The summed E-state index contributed by atoms with van der Waals surface area (Å²) in [5, 5.41) is 12.3. The van der Waals surface area contributed by atoms with Gasteiger partial charge in [-0.15, -0.1) is 0 Å². The van der Waals surface area contributed by atoms with E-state index in [4.69, 9.17) is 5.11 Å². The van der Waals surface area contributed by atoms with Crippen LogP contribution in [-0.2, 0) is 6.54 Å². The Labute approximate surface area is 114 Å². The van der Waals surface area contributed by atoms with Gasteiger partial charge in [-0.25, -0.2) is 14.8 Å². The molecule has 2 N–H and O–H groups in total. The molecule has 5 heteroatoms. The van der Waals surface area contributed by atoms with Crippen molar-refractivity contribution < 1.29 is 9.90 Å². The summed E-state index contributed by atoms with van der Waals surface area (Å²) >= 11 is 0. The van der Waals surface area contributed by atoms with Crippen LogP contribution in [0.15, 0.2) is 12.5 Å². The number of unbranched alkanes of at least 4 members (excludes halogenated alkanes) is 3. The van der Waals surface area contributed by atoms with Gasteiger partial charge in [0, 0.05) is 18.8 Å². The van der Waals surface area contributed by atoms with Crippen LogP contribution >= 0.6 is 0 Å². The van der Waals surface area contributed by atoms with Crippen molar-refractivity contribution >= 4 is 5.97 Å². The molecular weight excluding hydrogens is 242 g/mol. The van der Waals surface area contributed by atoms with Crippen molar-refractivity contribution in [2.45, 2.75) is 58.5 Å². The third-order valence-corrected chi connectivity index (χ3v) is 3.13. The van der Waals surface area contributed by atoms with Crippen molar-refractivity contribution in [3.8, 4) is 0 Å². The van der Waals surface area contributed by atoms with Gasteiger partial charge in [-0.3, -0.25) is 0 Å². The summed E-state index contributed by atoms with van der Waals surface area (Å²) in [6.07, 6.45) is 8.82. The first-order valence-electron chi connectivity index (χ1n) is 6.90. The summed E-state index contributed by atoms with van der Waals surface area (Å²) in [5.74, 6) is -0.979. The second kappa shape index (κ2) is 8.58. The van der Waals surface area contributed by atoms with E-state index in [1.807, 2.05) is 0 Å². The highest BCUT2D eigenvalue weighted by Crippen LogP contribution is 2.07. The number of carboxylic acid groups (broad SMARTS) is 1. The normalized spacial score (nSPS) is 12.3. The Morgan fingerprint density at radius 2 is 2.21 bits per heavy atom. The molecule has 1 heterocycles. The van der Waals surface area contributed by atoms with Crippen LogP contribution in [0.4, 0.5) is 0 Å². The number of hydrogen-bond acceptors (Lipinski definition) is 4. The minimum Gasteiger partial charge on any atom is -0.478 e. The van der Waals surface area contributed by atoms with Gasteiger partial charge >= 0.3 is 5.97 Å². The highest BCUT2D eigenvalue weighted by molar-refractivity contribution is 5.88. The Balaban J connectivity index is 2.37. The molecule has 0 aliphatic heterocycles. The minimum atomic E-state index is -0.979. The van der Waals surface area contributed by atoms with Gasteiger partial charge in [-0.2, -0.15) is 0 Å². The molecule has 1 unspecified atom stereocenters. The fraction of sp³-hybridized carbons (Fsp3) is 0.643. The molecule has 0 spiro atoms. The largest absolute Gasteiger partial charge is 0.478 e. The molecule has 0 amide bonds. The van der Waals surface area contributed by atoms with Crippen molar-refractivity contribution in [3.05, 3.63) is 23.8 Å². The van der Waals surface area contributed by atoms with Crippen LogP contribution in [-0.4, -0.2) is 27.1 Å². The maximum atomic E-state index is 11.0.